The molecular weight excluding hydrogens is 324 g/mol. The standard InChI is InChI=1S/C17H18N4O2S/c1-22-16-4-3-15(9-17(16)23-2)24-12-14-11-21(20-19-14)10-13-5-7-18-8-6-13/h3-9,11H,10,12H2,1-2H3. The second kappa shape index (κ2) is 7.83. The van der Waals surface area contributed by atoms with Gasteiger partial charge in [0.1, 0.15) is 0 Å². The molecule has 0 atom stereocenters. The predicted molar refractivity (Wildman–Crippen MR) is 92.5 cm³/mol. The van der Waals surface area contributed by atoms with Crippen LogP contribution in [-0.2, 0) is 12.3 Å². The molecule has 0 amide bonds. The SMILES string of the molecule is COc1ccc(SCc2cn(Cc3ccncc3)nn2)cc1OC. The Bertz CT molecular complexity index is 792. The van der Waals surface area contributed by atoms with E-state index in [-0.39, 0.29) is 0 Å². The molecule has 7 heteroatoms. The Morgan fingerprint density at radius 1 is 1.04 bits per heavy atom. The first kappa shape index (κ1) is 16.3. The van der Waals surface area contributed by atoms with Crippen molar-refractivity contribution in [3.8, 4) is 11.5 Å². The van der Waals surface area contributed by atoms with Crippen molar-refractivity contribution in [1.82, 2.24) is 20.0 Å². The van der Waals surface area contributed by atoms with Gasteiger partial charge in [0, 0.05) is 29.2 Å². The molecule has 6 nitrogen and oxygen atoms in total. The first-order valence-electron chi connectivity index (χ1n) is 7.41. The lowest BCUT2D eigenvalue weighted by atomic mass is 10.3. The van der Waals surface area contributed by atoms with Crippen LogP contribution in [-0.4, -0.2) is 34.2 Å². The zero-order chi connectivity index (χ0) is 16.8. The number of hydrogen-bond donors (Lipinski definition) is 0. The average molecular weight is 342 g/mol. The van der Waals surface area contributed by atoms with E-state index in [4.69, 9.17) is 9.47 Å². The number of rotatable bonds is 7. The van der Waals surface area contributed by atoms with Crippen molar-refractivity contribution in [2.45, 2.75) is 17.2 Å². The molecule has 3 aromatic rings. The fourth-order valence-electron chi connectivity index (χ4n) is 2.22. The van der Waals surface area contributed by atoms with E-state index < -0.39 is 0 Å². The quantitative estimate of drug-likeness (QED) is 0.615. The normalized spacial score (nSPS) is 10.6. The lowest BCUT2D eigenvalue weighted by Gasteiger charge is -2.08. The zero-order valence-electron chi connectivity index (χ0n) is 13.5. The lowest BCUT2D eigenvalue weighted by molar-refractivity contribution is 0.354. The molecule has 0 N–H and O–H groups in total. The van der Waals surface area contributed by atoms with Gasteiger partial charge in [-0.15, -0.1) is 16.9 Å². The number of nitrogens with zero attached hydrogens (tertiary/aromatic N) is 4. The van der Waals surface area contributed by atoms with Crippen LogP contribution in [0.25, 0.3) is 0 Å². The van der Waals surface area contributed by atoms with Gasteiger partial charge in [0.15, 0.2) is 11.5 Å². The number of hydrogen-bond acceptors (Lipinski definition) is 6. The summed E-state index contributed by atoms with van der Waals surface area (Å²) in [5.74, 6) is 2.19. The second-order valence-corrected chi connectivity index (χ2v) is 6.12. The summed E-state index contributed by atoms with van der Waals surface area (Å²) in [4.78, 5) is 5.11. The van der Waals surface area contributed by atoms with E-state index in [9.17, 15) is 0 Å². The van der Waals surface area contributed by atoms with Crippen LogP contribution >= 0.6 is 11.8 Å². The number of ether oxygens (including phenoxy) is 2. The molecule has 2 aromatic heterocycles. The topological polar surface area (TPSA) is 62.1 Å². The van der Waals surface area contributed by atoms with E-state index in [0.717, 1.165) is 33.4 Å². The molecule has 0 saturated heterocycles. The maximum absolute atomic E-state index is 5.32. The van der Waals surface area contributed by atoms with E-state index in [0.29, 0.717) is 6.54 Å². The zero-order valence-corrected chi connectivity index (χ0v) is 14.4. The number of methoxy groups -OCH3 is 2. The molecule has 0 aliphatic carbocycles. The largest absolute Gasteiger partial charge is 0.493 e. The summed E-state index contributed by atoms with van der Waals surface area (Å²) in [7, 11) is 3.27. The molecule has 0 bridgehead atoms. The highest BCUT2D eigenvalue weighted by Gasteiger charge is 2.07. The van der Waals surface area contributed by atoms with Gasteiger partial charge in [-0.05, 0) is 35.9 Å². The van der Waals surface area contributed by atoms with Crippen LogP contribution in [0.15, 0.2) is 53.8 Å². The molecule has 0 saturated carbocycles. The predicted octanol–water partition coefficient (Wildman–Crippen LogP) is 3.03. The highest BCUT2D eigenvalue weighted by atomic mass is 32.2. The van der Waals surface area contributed by atoms with Crippen molar-refractivity contribution in [2.75, 3.05) is 14.2 Å². The van der Waals surface area contributed by atoms with E-state index in [1.807, 2.05) is 41.2 Å². The Kier molecular flexibility index (Phi) is 5.32. The summed E-state index contributed by atoms with van der Waals surface area (Å²) in [5, 5.41) is 8.40. The molecule has 124 valence electrons. The second-order valence-electron chi connectivity index (χ2n) is 5.07. The Hall–Kier alpha value is -2.54. The van der Waals surface area contributed by atoms with E-state index >= 15 is 0 Å². The van der Waals surface area contributed by atoms with Crippen LogP contribution in [0.4, 0.5) is 0 Å². The molecule has 0 aliphatic heterocycles. The average Bonchev–Trinajstić information content (AvgIpc) is 3.08. The van der Waals surface area contributed by atoms with E-state index in [2.05, 4.69) is 15.3 Å². The Morgan fingerprint density at radius 3 is 2.58 bits per heavy atom. The Labute approximate surface area is 144 Å². The maximum atomic E-state index is 5.32. The van der Waals surface area contributed by atoms with Crippen molar-refractivity contribution >= 4 is 11.8 Å². The van der Waals surface area contributed by atoms with Gasteiger partial charge < -0.3 is 9.47 Å². The van der Waals surface area contributed by atoms with Gasteiger partial charge in [0.05, 0.1) is 26.5 Å². The summed E-state index contributed by atoms with van der Waals surface area (Å²) in [5.41, 5.74) is 2.08. The third-order valence-corrected chi connectivity index (χ3v) is 4.45. The van der Waals surface area contributed by atoms with Gasteiger partial charge in [-0.25, -0.2) is 4.68 Å². The minimum Gasteiger partial charge on any atom is -0.493 e. The van der Waals surface area contributed by atoms with Gasteiger partial charge >= 0.3 is 0 Å². The first-order chi connectivity index (χ1) is 11.8. The van der Waals surface area contributed by atoms with Crippen molar-refractivity contribution in [2.24, 2.45) is 0 Å². The first-order valence-corrected chi connectivity index (χ1v) is 8.40. The maximum Gasteiger partial charge on any atom is 0.161 e. The summed E-state index contributed by atoms with van der Waals surface area (Å²) in [6, 6.07) is 9.82. The van der Waals surface area contributed by atoms with Crippen molar-refractivity contribution in [1.29, 1.82) is 0 Å². The summed E-state index contributed by atoms with van der Waals surface area (Å²) < 4.78 is 12.4. The number of aromatic nitrogens is 4. The fraction of sp³-hybridized carbons (Fsp3) is 0.235. The van der Waals surface area contributed by atoms with Crippen LogP contribution < -0.4 is 9.47 Å². The molecule has 0 radical (unpaired) electrons. The summed E-state index contributed by atoms with van der Waals surface area (Å²) in [6.07, 6.45) is 5.52. The van der Waals surface area contributed by atoms with Crippen molar-refractivity contribution in [3.05, 3.63) is 60.2 Å². The number of thioether (sulfide) groups is 1. The molecule has 0 fully saturated rings. The van der Waals surface area contributed by atoms with E-state index in [1.54, 1.807) is 38.4 Å². The van der Waals surface area contributed by atoms with Crippen molar-refractivity contribution < 1.29 is 9.47 Å². The van der Waals surface area contributed by atoms with Crippen LogP contribution in [0, 0.1) is 0 Å². The summed E-state index contributed by atoms with van der Waals surface area (Å²) in [6.45, 7) is 0.691. The molecule has 0 spiro atoms. The molecule has 24 heavy (non-hydrogen) atoms. The molecule has 1 aromatic carbocycles. The van der Waals surface area contributed by atoms with Gasteiger partial charge in [0.2, 0.25) is 0 Å². The number of benzene rings is 1. The minimum atomic E-state index is 0.691. The monoisotopic (exact) mass is 342 g/mol. The van der Waals surface area contributed by atoms with Crippen molar-refractivity contribution in [3.63, 3.8) is 0 Å². The van der Waals surface area contributed by atoms with Gasteiger partial charge in [-0.3, -0.25) is 4.98 Å². The molecule has 0 unspecified atom stereocenters. The molecule has 3 rings (SSSR count). The third kappa shape index (κ3) is 4.05. The highest BCUT2D eigenvalue weighted by Crippen LogP contribution is 2.32. The molecule has 2 heterocycles. The smallest absolute Gasteiger partial charge is 0.161 e. The highest BCUT2D eigenvalue weighted by molar-refractivity contribution is 7.98. The van der Waals surface area contributed by atoms with Gasteiger partial charge in [-0.2, -0.15) is 0 Å². The Balaban J connectivity index is 1.61. The van der Waals surface area contributed by atoms with Gasteiger partial charge in [-0.1, -0.05) is 5.21 Å². The van der Waals surface area contributed by atoms with Crippen LogP contribution in [0.1, 0.15) is 11.3 Å². The van der Waals surface area contributed by atoms with Crippen LogP contribution in [0.2, 0.25) is 0 Å². The number of pyridine rings is 1. The third-order valence-electron chi connectivity index (χ3n) is 3.42. The van der Waals surface area contributed by atoms with Crippen LogP contribution in [0.3, 0.4) is 0 Å². The van der Waals surface area contributed by atoms with Crippen LogP contribution in [0.5, 0.6) is 11.5 Å². The van der Waals surface area contributed by atoms with E-state index in [1.165, 1.54) is 0 Å². The lowest BCUT2D eigenvalue weighted by Crippen LogP contribution is -2.00. The molecular formula is C17H18N4O2S. The fourth-order valence-corrected chi connectivity index (χ4v) is 3.02. The van der Waals surface area contributed by atoms with Gasteiger partial charge in [0.25, 0.3) is 0 Å². The summed E-state index contributed by atoms with van der Waals surface area (Å²) >= 11 is 1.68. The Morgan fingerprint density at radius 2 is 1.83 bits per heavy atom. The minimum absolute atomic E-state index is 0.691. The molecule has 0 aliphatic rings.